The smallest absolute Gasteiger partial charge is 0.225 e. The maximum Gasteiger partial charge on any atom is 0.225 e. The van der Waals surface area contributed by atoms with Gasteiger partial charge >= 0.3 is 0 Å². The SMILES string of the molecule is CN=C(NCCc1cnn(-c2ccccc2)c1)N1CCN(c2ncccn2)CC1. The van der Waals surface area contributed by atoms with Crippen LogP contribution in [0.3, 0.4) is 0 Å². The number of benzene rings is 1. The highest BCUT2D eigenvalue weighted by Crippen LogP contribution is 2.10. The van der Waals surface area contributed by atoms with Crippen LogP contribution in [0, 0.1) is 0 Å². The van der Waals surface area contributed by atoms with Crippen molar-refractivity contribution in [3.8, 4) is 5.69 Å². The van der Waals surface area contributed by atoms with Crippen molar-refractivity contribution >= 4 is 11.9 Å². The zero-order valence-corrected chi connectivity index (χ0v) is 16.6. The summed E-state index contributed by atoms with van der Waals surface area (Å²) < 4.78 is 1.91. The van der Waals surface area contributed by atoms with E-state index in [0.717, 1.165) is 56.7 Å². The highest BCUT2D eigenvalue weighted by molar-refractivity contribution is 5.80. The minimum absolute atomic E-state index is 0.797. The van der Waals surface area contributed by atoms with E-state index in [-0.39, 0.29) is 0 Å². The van der Waals surface area contributed by atoms with Gasteiger partial charge in [-0.3, -0.25) is 4.99 Å². The summed E-state index contributed by atoms with van der Waals surface area (Å²) >= 11 is 0. The molecule has 150 valence electrons. The molecule has 0 atom stereocenters. The number of guanidine groups is 1. The predicted molar refractivity (Wildman–Crippen MR) is 114 cm³/mol. The zero-order chi connectivity index (χ0) is 19.9. The molecule has 0 aliphatic carbocycles. The van der Waals surface area contributed by atoms with Gasteiger partial charge in [-0.15, -0.1) is 0 Å². The van der Waals surface area contributed by atoms with Crippen LogP contribution in [0.25, 0.3) is 5.69 Å². The topological polar surface area (TPSA) is 74.5 Å². The van der Waals surface area contributed by atoms with E-state index in [1.165, 1.54) is 5.56 Å². The van der Waals surface area contributed by atoms with Crippen molar-refractivity contribution in [3.05, 3.63) is 66.7 Å². The van der Waals surface area contributed by atoms with Crippen LogP contribution >= 0.6 is 0 Å². The van der Waals surface area contributed by atoms with Crippen LogP contribution in [0.15, 0.2) is 66.2 Å². The summed E-state index contributed by atoms with van der Waals surface area (Å²) in [4.78, 5) is 17.6. The Morgan fingerprint density at radius 1 is 1.03 bits per heavy atom. The molecular formula is C21H26N8. The minimum atomic E-state index is 0.797. The van der Waals surface area contributed by atoms with Crippen molar-refractivity contribution < 1.29 is 0 Å². The lowest BCUT2D eigenvalue weighted by Crippen LogP contribution is -2.53. The molecule has 1 saturated heterocycles. The fraction of sp³-hybridized carbons (Fsp3) is 0.333. The molecule has 1 aliphatic heterocycles. The van der Waals surface area contributed by atoms with Crippen LogP contribution in [0.4, 0.5) is 5.95 Å². The summed E-state index contributed by atoms with van der Waals surface area (Å²) in [6.07, 6.45) is 8.47. The Bertz CT molecular complexity index is 914. The van der Waals surface area contributed by atoms with Crippen molar-refractivity contribution in [1.29, 1.82) is 0 Å². The number of anilines is 1. The number of aliphatic imine (C=N–C) groups is 1. The number of hydrogen-bond donors (Lipinski definition) is 1. The van der Waals surface area contributed by atoms with Crippen LogP contribution in [-0.2, 0) is 6.42 Å². The molecule has 2 aromatic heterocycles. The average molecular weight is 390 g/mol. The molecule has 0 amide bonds. The first-order valence-corrected chi connectivity index (χ1v) is 9.90. The summed E-state index contributed by atoms with van der Waals surface area (Å²) in [6.45, 7) is 4.37. The molecule has 1 aromatic carbocycles. The third kappa shape index (κ3) is 4.71. The monoisotopic (exact) mass is 390 g/mol. The van der Waals surface area contributed by atoms with Gasteiger partial charge in [-0.2, -0.15) is 5.10 Å². The van der Waals surface area contributed by atoms with E-state index in [9.17, 15) is 0 Å². The van der Waals surface area contributed by atoms with E-state index >= 15 is 0 Å². The lowest BCUT2D eigenvalue weighted by atomic mass is 10.2. The molecule has 0 bridgehead atoms. The quantitative estimate of drug-likeness (QED) is 0.527. The van der Waals surface area contributed by atoms with Gasteiger partial charge in [0, 0.05) is 58.4 Å². The standard InChI is InChI=1S/C21H26N8/c1-22-20(27-12-14-28(15-13-27)21-23-9-5-10-24-21)25-11-8-18-16-26-29(17-18)19-6-3-2-4-7-19/h2-7,9-10,16-17H,8,11-15H2,1H3,(H,22,25). The van der Waals surface area contributed by atoms with E-state index in [1.54, 1.807) is 12.4 Å². The second-order valence-corrected chi connectivity index (χ2v) is 6.88. The van der Waals surface area contributed by atoms with E-state index < -0.39 is 0 Å². The number of piperazine rings is 1. The number of rotatable bonds is 5. The van der Waals surface area contributed by atoms with Gasteiger partial charge in [0.15, 0.2) is 5.96 Å². The van der Waals surface area contributed by atoms with Crippen molar-refractivity contribution in [1.82, 2.24) is 30.0 Å². The van der Waals surface area contributed by atoms with Crippen LogP contribution in [0.1, 0.15) is 5.56 Å². The lowest BCUT2D eigenvalue weighted by Gasteiger charge is -2.36. The number of para-hydroxylation sites is 1. The van der Waals surface area contributed by atoms with Crippen LogP contribution < -0.4 is 10.2 Å². The van der Waals surface area contributed by atoms with Crippen molar-refractivity contribution in [2.45, 2.75) is 6.42 Å². The highest BCUT2D eigenvalue weighted by atomic mass is 15.4. The second-order valence-electron chi connectivity index (χ2n) is 6.88. The molecule has 29 heavy (non-hydrogen) atoms. The summed E-state index contributed by atoms with van der Waals surface area (Å²) in [6, 6.07) is 12.0. The largest absolute Gasteiger partial charge is 0.356 e. The maximum absolute atomic E-state index is 4.46. The van der Waals surface area contributed by atoms with Gasteiger partial charge in [-0.1, -0.05) is 18.2 Å². The Balaban J connectivity index is 1.26. The molecule has 0 radical (unpaired) electrons. The van der Waals surface area contributed by atoms with E-state index in [4.69, 9.17) is 0 Å². The van der Waals surface area contributed by atoms with Crippen LogP contribution in [0.2, 0.25) is 0 Å². The number of hydrogen-bond acceptors (Lipinski definition) is 5. The van der Waals surface area contributed by atoms with Gasteiger partial charge in [0.25, 0.3) is 0 Å². The zero-order valence-electron chi connectivity index (χ0n) is 16.6. The normalized spacial score (nSPS) is 14.9. The molecule has 0 spiro atoms. The summed E-state index contributed by atoms with van der Waals surface area (Å²) in [7, 11) is 1.84. The van der Waals surface area contributed by atoms with Crippen molar-refractivity contribution in [2.75, 3.05) is 44.7 Å². The molecule has 3 heterocycles. The van der Waals surface area contributed by atoms with Gasteiger partial charge in [0.1, 0.15) is 0 Å². The molecule has 0 unspecified atom stereocenters. The third-order valence-electron chi connectivity index (χ3n) is 4.98. The molecule has 3 aromatic rings. The molecule has 1 fully saturated rings. The Labute approximate surface area is 170 Å². The molecule has 8 heteroatoms. The Hall–Kier alpha value is -3.42. The molecule has 1 N–H and O–H groups in total. The first kappa shape index (κ1) is 18.9. The fourth-order valence-electron chi connectivity index (χ4n) is 3.43. The summed E-state index contributed by atoms with van der Waals surface area (Å²) in [5.74, 6) is 1.74. The van der Waals surface area contributed by atoms with Crippen LogP contribution in [-0.4, -0.2) is 70.4 Å². The van der Waals surface area contributed by atoms with Gasteiger partial charge in [0.05, 0.1) is 11.9 Å². The van der Waals surface area contributed by atoms with Crippen molar-refractivity contribution in [2.24, 2.45) is 4.99 Å². The first-order valence-electron chi connectivity index (χ1n) is 9.90. The lowest BCUT2D eigenvalue weighted by molar-refractivity contribution is 0.370. The second kappa shape index (κ2) is 9.18. The Morgan fingerprint density at radius 2 is 1.79 bits per heavy atom. The fourth-order valence-corrected chi connectivity index (χ4v) is 3.43. The van der Waals surface area contributed by atoms with Crippen molar-refractivity contribution in [3.63, 3.8) is 0 Å². The molecular weight excluding hydrogens is 364 g/mol. The van der Waals surface area contributed by atoms with Gasteiger partial charge in [-0.25, -0.2) is 14.6 Å². The highest BCUT2D eigenvalue weighted by Gasteiger charge is 2.20. The van der Waals surface area contributed by atoms with Gasteiger partial charge in [0.2, 0.25) is 5.95 Å². The molecule has 1 aliphatic rings. The number of nitrogens with one attached hydrogen (secondary N) is 1. The Morgan fingerprint density at radius 3 is 2.52 bits per heavy atom. The summed E-state index contributed by atoms with van der Waals surface area (Å²) in [5, 5.41) is 7.94. The molecule has 4 rings (SSSR count). The van der Waals surface area contributed by atoms with E-state index in [2.05, 4.69) is 53.5 Å². The molecule has 0 saturated carbocycles. The maximum atomic E-state index is 4.46. The van der Waals surface area contributed by atoms with E-state index in [1.807, 2.05) is 42.2 Å². The summed E-state index contributed by atoms with van der Waals surface area (Å²) in [5.41, 5.74) is 2.27. The van der Waals surface area contributed by atoms with Gasteiger partial charge < -0.3 is 15.1 Å². The van der Waals surface area contributed by atoms with Crippen LogP contribution in [0.5, 0.6) is 0 Å². The average Bonchev–Trinajstić information content (AvgIpc) is 3.27. The number of aromatic nitrogens is 4. The minimum Gasteiger partial charge on any atom is -0.356 e. The Kier molecular flexibility index (Phi) is 5.99. The third-order valence-corrected chi connectivity index (χ3v) is 4.98. The van der Waals surface area contributed by atoms with E-state index in [0.29, 0.717) is 0 Å². The number of nitrogens with zero attached hydrogens (tertiary/aromatic N) is 7. The first-order chi connectivity index (χ1) is 14.3. The predicted octanol–water partition coefficient (Wildman–Crippen LogP) is 1.60. The molecule has 8 nitrogen and oxygen atoms in total. The van der Waals surface area contributed by atoms with Gasteiger partial charge in [-0.05, 0) is 30.2 Å².